The lowest BCUT2D eigenvalue weighted by molar-refractivity contribution is 0.0633. The quantitative estimate of drug-likeness (QED) is 0.730. The molecule has 0 aliphatic heterocycles. The maximum Gasteiger partial charge on any atom is 0.337 e. The molecule has 2 rings (SSSR count). The van der Waals surface area contributed by atoms with Gasteiger partial charge >= 0.3 is 17.9 Å². The molecule has 0 spiro atoms. The highest BCUT2D eigenvalue weighted by Crippen LogP contribution is 2.30. The zero-order chi connectivity index (χ0) is 15.7. The first-order valence-electron chi connectivity index (χ1n) is 5.63. The predicted molar refractivity (Wildman–Crippen MR) is 70.2 cm³/mol. The third kappa shape index (κ3) is 2.10. The van der Waals surface area contributed by atoms with Gasteiger partial charge in [-0.2, -0.15) is 0 Å². The Kier molecular flexibility index (Phi) is 3.41. The van der Waals surface area contributed by atoms with Gasteiger partial charge in [0.25, 0.3) is 0 Å². The van der Waals surface area contributed by atoms with Gasteiger partial charge in [-0.3, -0.25) is 4.79 Å². The van der Waals surface area contributed by atoms with E-state index in [2.05, 4.69) is 0 Å². The molecule has 0 aliphatic rings. The highest BCUT2D eigenvalue weighted by atomic mass is 16.4. The molecular formula is C14H8O7. The molecule has 0 heterocycles. The fourth-order valence-corrected chi connectivity index (χ4v) is 2.25. The normalized spacial score (nSPS) is 10.3. The number of aromatic carboxylic acids is 3. The summed E-state index contributed by atoms with van der Waals surface area (Å²) in [6.07, 6.45) is 0.212. The van der Waals surface area contributed by atoms with E-state index in [0.29, 0.717) is 0 Å². The lowest BCUT2D eigenvalue weighted by Crippen LogP contribution is -2.18. The number of carbonyl (C=O) groups excluding carboxylic acids is 1. The molecule has 0 unspecified atom stereocenters. The van der Waals surface area contributed by atoms with Gasteiger partial charge in [-0.05, 0) is 10.8 Å². The first-order chi connectivity index (χ1) is 9.90. The van der Waals surface area contributed by atoms with Crippen LogP contribution in [0, 0.1) is 0 Å². The van der Waals surface area contributed by atoms with E-state index in [4.69, 9.17) is 0 Å². The molecule has 2 aromatic carbocycles. The van der Waals surface area contributed by atoms with Crippen molar-refractivity contribution in [3.05, 3.63) is 46.5 Å². The van der Waals surface area contributed by atoms with E-state index < -0.39 is 34.6 Å². The lowest BCUT2D eigenvalue weighted by Gasteiger charge is -2.13. The molecule has 0 saturated carbocycles. The van der Waals surface area contributed by atoms with E-state index in [-0.39, 0.29) is 22.6 Å². The van der Waals surface area contributed by atoms with Crippen molar-refractivity contribution in [1.29, 1.82) is 0 Å². The Labute approximate surface area is 117 Å². The second kappa shape index (κ2) is 5.04. The summed E-state index contributed by atoms with van der Waals surface area (Å²) in [7, 11) is 0. The monoisotopic (exact) mass is 288 g/mol. The molecule has 3 N–H and O–H groups in total. The van der Waals surface area contributed by atoms with Crippen LogP contribution in [0.25, 0.3) is 10.8 Å². The SMILES string of the molecule is O=Cc1c(C(=O)O)c(C(=O)O)c(C(=O)O)c2ccccc12. The summed E-state index contributed by atoms with van der Waals surface area (Å²) in [5.41, 5.74) is -2.74. The number of fused-ring (bicyclic) bond motifs is 1. The number of carboxylic acid groups (broad SMARTS) is 3. The van der Waals surface area contributed by atoms with Crippen molar-refractivity contribution in [1.82, 2.24) is 0 Å². The molecular weight excluding hydrogens is 280 g/mol. The number of hydrogen-bond acceptors (Lipinski definition) is 4. The Balaban J connectivity index is 3.21. The number of carbonyl (C=O) groups is 4. The minimum Gasteiger partial charge on any atom is -0.478 e. The van der Waals surface area contributed by atoms with Crippen LogP contribution in [0.4, 0.5) is 0 Å². The average molecular weight is 288 g/mol. The zero-order valence-corrected chi connectivity index (χ0v) is 10.4. The Bertz CT molecular complexity index is 805. The van der Waals surface area contributed by atoms with Gasteiger partial charge in [-0.1, -0.05) is 24.3 Å². The Morgan fingerprint density at radius 3 is 1.67 bits per heavy atom. The van der Waals surface area contributed by atoms with E-state index >= 15 is 0 Å². The van der Waals surface area contributed by atoms with E-state index in [1.165, 1.54) is 24.3 Å². The molecule has 0 atom stereocenters. The fourth-order valence-electron chi connectivity index (χ4n) is 2.25. The minimum atomic E-state index is -1.72. The van der Waals surface area contributed by atoms with Crippen molar-refractivity contribution in [2.75, 3.05) is 0 Å². The molecule has 0 aromatic heterocycles. The third-order valence-electron chi connectivity index (χ3n) is 3.02. The summed E-state index contributed by atoms with van der Waals surface area (Å²) < 4.78 is 0. The van der Waals surface area contributed by atoms with Gasteiger partial charge in [0.1, 0.15) is 0 Å². The summed E-state index contributed by atoms with van der Waals surface area (Å²) in [5.74, 6) is -4.98. The van der Waals surface area contributed by atoms with Crippen LogP contribution in [0.2, 0.25) is 0 Å². The molecule has 0 radical (unpaired) electrons. The smallest absolute Gasteiger partial charge is 0.337 e. The van der Waals surface area contributed by atoms with Crippen molar-refractivity contribution in [2.24, 2.45) is 0 Å². The number of carboxylic acids is 3. The molecule has 2 aromatic rings. The molecule has 0 bridgehead atoms. The standard InChI is InChI=1S/C14H8O7/c15-5-8-6-3-1-2-4-7(6)9(12(16)17)11(14(20)21)10(8)13(18)19/h1-5H,(H,16,17)(H,18,19)(H,20,21). The molecule has 21 heavy (non-hydrogen) atoms. The van der Waals surface area contributed by atoms with E-state index in [9.17, 15) is 34.5 Å². The second-order valence-electron chi connectivity index (χ2n) is 4.12. The zero-order valence-electron chi connectivity index (χ0n) is 10.4. The number of hydrogen-bond donors (Lipinski definition) is 3. The van der Waals surface area contributed by atoms with Crippen LogP contribution in [-0.4, -0.2) is 39.5 Å². The molecule has 0 aliphatic carbocycles. The molecule has 0 saturated heterocycles. The largest absolute Gasteiger partial charge is 0.478 e. The highest BCUT2D eigenvalue weighted by Gasteiger charge is 2.30. The maximum absolute atomic E-state index is 11.4. The summed E-state index contributed by atoms with van der Waals surface area (Å²) in [6, 6.07) is 5.65. The topological polar surface area (TPSA) is 129 Å². The lowest BCUT2D eigenvalue weighted by atomic mass is 9.89. The van der Waals surface area contributed by atoms with Crippen LogP contribution in [-0.2, 0) is 0 Å². The third-order valence-corrected chi connectivity index (χ3v) is 3.02. The summed E-state index contributed by atoms with van der Waals surface area (Å²) in [5, 5.41) is 27.7. The van der Waals surface area contributed by atoms with Gasteiger partial charge in [0.15, 0.2) is 6.29 Å². The number of rotatable bonds is 4. The molecule has 7 heteroatoms. The average Bonchev–Trinajstić information content (AvgIpc) is 2.43. The summed E-state index contributed by atoms with van der Waals surface area (Å²) in [6.45, 7) is 0. The van der Waals surface area contributed by atoms with Gasteiger partial charge in [-0.15, -0.1) is 0 Å². The molecule has 0 fully saturated rings. The predicted octanol–water partition coefficient (Wildman–Crippen LogP) is 1.75. The summed E-state index contributed by atoms with van der Waals surface area (Å²) in [4.78, 5) is 45.2. The Hall–Kier alpha value is -3.22. The van der Waals surface area contributed by atoms with Gasteiger partial charge < -0.3 is 15.3 Å². The number of benzene rings is 2. The highest BCUT2D eigenvalue weighted by molar-refractivity contribution is 6.21. The van der Waals surface area contributed by atoms with Crippen LogP contribution < -0.4 is 0 Å². The Morgan fingerprint density at radius 1 is 0.762 bits per heavy atom. The van der Waals surface area contributed by atoms with E-state index in [1.54, 1.807) is 0 Å². The van der Waals surface area contributed by atoms with Crippen molar-refractivity contribution in [3.8, 4) is 0 Å². The molecule has 106 valence electrons. The molecule has 0 amide bonds. The van der Waals surface area contributed by atoms with Crippen molar-refractivity contribution >= 4 is 35.0 Å². The number of aldehydes is 1. The van der Waals surface area contributed by atoms with Crippen LogP contribution in [0.3, 0.4) is 0 Å². The fraction of sp³-hybridized carbons (Fsp3) is 0. The van der Waals surface area contributed by atoms with Crippen LogP contribution in [0.5, 0.6) is 0 Å². The first kappa shape index (κ1) is 14.2. The van der Waals surface area contributed by atoms with Gasteiger partial charge in [0.05, 0.1) is 16.7 Å². The van der Waals surface area contributed by atoms with Gasteiger partial charge in [0.2, 0.25) is 0 Å². The van der Waals surface area contributed by atoms with Crippen LogP contribution >= 0.6 is 0 Å². The van der Waals surface area contributed by atoms with Crippen molar-refractivity contribution in [2.45, 2.75) is 0 Å². The second-order valence-corrected chi connectivity index (χ2v) is 4.12. The van der Waals surface area contributed by atoms with E-state index in [1.807, 2.05) is 0 Å². The van der Waals surface area contributed by atoms with Gasteiger partial charge in [-0.25, -0.2) is 14.4 Å². The maximum atomic E-state index is 11.4. The van der Waals surface area contributed by atoms with Crippen LogP contribution in [0.15, 0.2) is 24.3 Å². The van der Waals surface area contributed by atoms with Crippen molar-refractivity contribution < 1.29 is 34.5 Å². The molecule has 7 nitrogen and oxygen atoms in total. The summed E-state index contributed by atoms with van der Waals surface area (Å²) >= 11 is 0. The van der Waals surface area contributed by atoms with E-state index in [0.717, 1.165) is 0 Å². The minimum absolute atomic E-state index is 0.00509. The Morgan fingerprint density at radius 2 is 1.24 bits per heavy atom. The first-order valence-corrected chi connectivity index (χ1v) is 5.63. The van der Waals surface area contributed by atoms with Crippen molar-refractivity contribution in [3.63, 3.8) is 0 Å². The van der Waals surface area contributed by atoms with Crippen LogP contribution in [0.1, 0.15) is 41.4 Å². The van der Waals surface area contributed by atoms with Gasteiger partial charge in [0, 0.05) is 5.56 Å².